The van der Waals surface area contributed by atoms with Crippen molar-refractivity contribution >= 4 is 86.0 Å². The SMILES string of the molecule is CC(F)(F)c1nc(-c2ccc(C(=O)c3cscn3)cc2)no1.CC(F)(F)c1nc(-c2ccc(C(=O)c3nccs3)cc2)no1.CCOC(=O)c1cnc(C(=O)c2ccc(-c3noc(C(C)(F)F)n3)cc2)nc1C.Cc1ccnc(C(=O)c2ccc(-c3noc(C(C)(F)F)n3)cc2)c1.Cc1nc(C(=O)c2ccc(-c3noc(C(C)(F)F)n3)cc2)cs1.Cc1ncc(C(=O)c2ccc(-c3noc(C(C)(F)F)n3)cc2)s1. The number of hydrogen-bond acceptors (Lipinski definition) is 37. The van der Waals surface area contributed by atoms with Gasteiger partial charge in [0.2, 0.25) is 75.5 Å². The maximum atomic E-state index is 13.2. The molecule has 0 spiro atoms. The summed E-state index contributed by atoms with van der Waals surface area (Å²) in [4.78, 5) is 136. The smallest absolute Gasteiger partial charge is 0.341 e. The zero-order chi connectivity index (χ0) is 103. The molecule has 0 fully saturated rings. The van der Waals surface area contributed by atoms with Gasteiger partial charge >= 0.3 is 41.5 Å². The Morgan fingerprint density at radius 2 is 0.678 bits per heavy atom. The summed E-state index contributed by atoms with van der Waals surface area (Å²) in [7, 11) is 0. The van der Waals surface area contributed by atoms with Crippen LogP contribution >= 0.6 is 45.3 Å². The fourth-order valence-corrected chi connectivity index (χ4v) is 14.3. The maximum Gasteiger partial charge on any atom is 0.341 e. The van der Waals surface area contributed by atoms with Crippen LogP contribution in [0.3, 0.4) is 0 Å². The Morgan fingerprint density at radius 1 is 0.336 bits per heavy atom. The third-order valence-corrected chi connectivity index (χ3v) is 22.1. The Morgan fingerprint density at radius 3 is 0.965 bits per heavy atom. The number of esters is 1. The summed E-state index contributed by atoms with van der Waals surface area (Å²) >= 11 is 5.29. The number of benzene rings is 6. The minimum Gasteiger partial charge on any atom is -0.462 e. The van der Waals surface area contributed by atoms with Crippen molar-refractivity contribution in [2.75, 3.05) is 6.61 Å². The fourth-order valence-electron chi connectivity index (χ4n) is 11.8. The molecule has 0 radical (unpaired) electrons. The number of alkyl halides is 12. The first kappa shape index (κ1) is 104. The minimum atomic E-state index is -3.24. The van der Waals surface area contributed by atoms with E-state index in [2.05, 4.69) is 123 Å². The van der Waals surface area contributed by atoms with E-state index in [9.17, 15) is 86.2 Å². The van der Waals surface area contributed by atoms with E-state index in [1.54, 1.807) is 181 Å². The molecule has 0 N–H and O–H groups in total. The highest BCUT2D eigenvalue weighted by molar-refractivity contribution is 7.13. The first-order chi connectivity index (χ1) is 67.6. The van der Waals surface area contributed by atoms with Crippen LogP contribution in [0.15, 0.2) is 231 Å². The Hall–Kier alpha value is -16.4. The number of nitrogens with zero attached hydrogens (tertiary/aromatic N) is 19. The number of carbonyl (C=O) groups is 7. The predicted molar refractivity (Wildman–Crippen MR) is 486 cm³/mol. The lowest BCUT2D eigenvalue weighted by molar-refractivity contribution is -0.0162. The first-order valence-electron chi connectivity index (χ1n) is 41.4. The number of ether oxygens (including phenoxy) is 1. The van der Waals surface area contributed by atoms with Crippen molar-refractivity contribution in [3.05, 3.63) is 333 Å². The molecule has 0 bridgehead atoms. The Bertz CT molecular complexity index is 7230. The van der Waals surface area contributed by atoms with Crippen LogP contribution in [0.2, 0.25) is 0 Å². The van der Waals surface area contributed by atoms with Crippen molar-refractivity contribution < 1.29 is 118 Å². The van der Waals surface area contributed by atoms with E-state index in [4.69, 9.17) is 4.74 Å². The van der Waals surface area contributed by atoms with Crippen LogP contribution in [0.5, 0.6) is 0 Å². The average molecular weight is 2040 g/mol. The van der Waals surface area contributed by atoms with Crippen LogP contribution in [0, 0.1) is 27.7 Å². The van der Waals surface area contributed by atoms with Gasteiger partial charge in [-0.3, -0.25) is 33.8 Å². The van der Waals surface area contributed by atoms with Crippen LogP contribution in [0.25, 0.3) is 68.3 Å². The summed E-state index contributed by atoms with van der Waals surface area (Å²) in [5.74, 6) is -25.6. The van der Waals surface area contributed by atoms with Crippen LogP contribution in [-0.2, 0) is 40.3 Å². The van der Waals surface area contributed by atoms with Gasteiger partial charge in [0.25, 0.3) is 35.3 Å². The zero-order valence-corrected chi connectivity index (χ0v) is 79.0. The quantitative estimate of drug-likeness (QED) is 0.0276. The number of aryl methyl sites for hydroxylation is 4. The highest BCUT2D eigenvalue weighted by atomic mass is 32.1. The van der Waals surface area contributed by atoms with E-state index in [-0.39, 0.29) is 87.4 Å². The molecular weight excluding hydrogens is 1980 g/mol. The molecule has 0 saturated heterocycles. The molecule has 18 rings (SSSR count). The Balaban J connectivity index is 0.000000144. The second-order valence-electron chi connectivity index (χ2n) is 30.6. The summed E-state index contributed by atoms with van der Waals surface area (Å²) in [6.07, 6.45) is 5.90. The van der Waals surface area contributed by atoms with Gasteiger partial charge in [-0.2, -0.15) is 82.6 Å². The second kappa shape index (κ2) is 43.9. The number of thiazole rings is 4. The standard InChI is InChI=1S/C19H16F2N4O4.C17H13F2N3O2.2C15H11F2N3O2S.2C14H9F2N3O2S/c1-4-28-17(27)13-9-22-16(23-10(13)2)14(26)11-5-7-12(8-6-11)15-24-18(29-25-15)19(3,20)21;1-10-7-8-20-13(9-10)14(23)11-3-5-12(6-4-11)15-21-16(24-22-15)17(2,18)19;1-8-18-11(7-23-8)12(21)9-3-5-10(6-4-9)13-19-14(22-20-13)15(2,16)17;1-8-18-7-11(23-8)12(21)9-3-5-10(6-4-9)13-19-14(22-20-13)15(2,16)17;1-14(15,16)13-18-12(19-21-13)9-4-2-8(3-5-9)11(20)10-6-22-7-17-10;1-14(15,16)13-18-11(19-21-13)9-4-2-8(3-5-9)10(20)12-17-6-7-22-12/h5-9H,4H2,1-3H3;3-9H,1-2H3;2*3-7H,1-2H3;2*2-7H,1H3. The predicted octanol–water partition coefficient (Wildman–Crippen LogP) is 21.9. The molecule has 49 heteroatoms. The largest absolute Gasteiger partial charge is 0.462 e. The van der Waals surface area contributed by atoms with Crippen LogP contribution in [0.1, 0.15) is 210 Å². The molecular formula is C94H69F12N19O14S4. The molecule has 0 amide bonds. The molecule has 0 aliphatic carbocycles. The number of carbonyl (C=O) groups excluding carboxylic acids is 7. The fraction of sp³-hybridized carbons (Fsp3) is 0.191. The van der Waals surface area contributed by atoms with Gasteiger partial charge in [0.05, 0.1) is 38.3 Å². The molecule has 18 aromatic rings. The number of pyridine rings is 1. The van der Waals surface area contributed by atoms with Crippen molar-refractivity contribution in [2.45, 2.75) is 112 Å². The van der Waals surface area contributed by atoms with Crippen LogP contribution in [-0.4, -0.2) is 143 Å². The number of rotatable bonds is 26. The molecule has 0 aliphatic rings. The normalized spacial score (nSPS) is 11.5. The van der Waals surface area contributed by atoms with Crippen molar-refractivity contribution in [2.24, 2.45) is 0 Å². The van der Waals surface area contributed by atoms with Gasteiger partial charge in [0.1, 0.15) is 17.1 Å². The lowest BCUT2D eigenvalue weighted by Gasteiger charge is -2.06. The number of ketones is 6. The molecule has 6 aromatic carbocycles. The molecule has 732 valence electrons. The topological polar surface area (TPSA) is 452 Å². The van der Waals surface area contributed by atoms with Crippen molar-refractivity contribution in [3.8, 4) is 68.3 Å². The Kier molecular flexibility index (Phi) is 31.9. The molecule has 12 heterocycles. The van der Waals surface area contributed by atoms with Crippen molar-refractivity contribution in [3.63, 3.8) is 0 Å². The van der Waals surface area contributed by atoms with E-state index < -0.39 is 82.6 Å². The van der Waals surface area contributed by atoms with E-state index in [0.29, 0.717) is 135 Å². The highest BCUT2D eigenvalue weighted by Gasteiger charge is 2.38. The second-order valence-corrected chi connectivity index (χ2v) is 34.6. The summed E-state index contributed by atoms with van der Waals surface area (Å²) in [5, 5.41) is 28.2. The molecule has 143 heavy (non-hydrogen) atoms. The Labute approximate surface area is 814 Å². The molecule has 33 nitrogen and oxygen atoms in total. The van der Waals surface area contributed by atoms with E-state index >= 15 is 0 Å². The lowest BCUT2D eigenvalue weighted by atomic mass is 10.0. The van der Waals surface area contributed by atoms with Crippen LogP contribution < -0.4 is 0 Å². The number of halogens is 12. The van der Waals surface area contributed by atoms with Crippen LogP contribution in [0.4, 0.5) is 52.7 Å². The van der Waals surface area contributed by atoms with E-state index in [1.165, 1.54) is 82.0 Å². The summed E-state index contributed by atoms with van der Waals surface area (Å²) in [6.45, 7) is 13.0. The first-order valence-corrected chi connectivity index (χ1v) is 44.9. The maximum absolute atomic E-state index is 13.2. The van der Waals surface area contributed by atoms with Crippen molar-refractivity contribution in [1.82, 2.24) is 95.7 Å². The zero-order valence-electron chi connectivity index (χ0n) is 75.7. The molecule has 0 atom stereocenters. The molecule has 0 aliphatic heterocycles. The minimum absolute atomic E-state index is 0.0218. The molecule has 0 saturated carbocycles. The monoisotopic (exact) mass is 2040 g/mol. The molecule has 0 unspecified atom stereocenters. The summed E-state index contributed by atoms with van der Waals surface area (Å²) < 4.78 is 189. The van der Waals surface area contributed by atoms with E-state index in [0.717, 1.165) is 15.6 Å². The van der Waals surface area contributed by atoms with Gasteiger partial charge in [-0.05, 0) is 52.3 Å². The van der Waals surface area contributed by atoms with Gasteiger partial charge < -0.3 is 31.9 Å². The highest BCUT2D eigenvalue weighted by Crippen LogP contribution is 2.36. The van der Waals surface area contributed by atoms with Gasteiger partial charge in [-0.15, -0.1) is 45.3 Å². The lowest BCUT2D eigenvalue weighted by Crippen LogP contribution is -2.13. The van der Waals surface area contributed by atoms with E-state index in [1.807, 2.05) is 20.8 Å². The number of aromatic nitrogens is 19. The van der Waals surface area contributed by atoms with Gasteiger partial charge in [0, 0.05) is 149 Å². The van der Waals surface area contributed by atoms with Crippen molar-refractivity contribution in [1.29, 1.82) is 0 Å². The third kappa shape index (κ3) is 26.8. The summed E-state index contributed by atoms with van der Waals surface area (Å²) in [6, 6.07) is 40.9. The third-order valence-electron chi connectivity index (χ3n) is 19.1. The van der Waals surface area contributed by atoms with Gasteiger partial charge in [-0.25, -0.2) is 34.7 Å². The summed E-state index contributed by atoms with van der Waals surface area (Å²) in [5.41, 5.74) is 9.42. The van der Waals surface area contributed by atoms with Gasteiger partial charge in [-0.1, -0.05) is 177 Å². The molecule has 12 aromatic heterocycles. The van der Waals surface area contributed by atoms with Gasteiger partial charge in [0.15, 0.2) is 5.01 Å². The average Bonchev–Trinajstić information content (AvgIpc) is 1.81. The number of hydrogen-bond donors (Lipinski definition) is 0.